The van der Waals surface area contributed by atoms with Gasteiger partial charge in [-0.15, -0.1) is 0 Å². The van der Waals surface area contributed by atoms with Gasteiger partial charge in [0.15, 0.2) is 5.65 Å². The van der Waals surface area contributed by atoms with E-state index in [2.05, 4.69) is 26.6 Å². The van der Waals surface area contributed by atoms with Gasteiger partial charge in [-0.05, 0) is 68.3 Å². The highest BCUT2D eigenvalue weighted by Gasteiger charge is 2.16. The van der Waals surface area contributed by atoms with E-state index in [1.54, 1.807) is 29.8 Å². The molecular weight excluding hydrogens is 449 g/mol. The molecule has 0 saturated heterocycles. The number of fused-ring (bicyclic) bond motifs is 1. The van der Waals surface area contributed by atoms with Crippen molar-refractivity contribution in [3.8, 4) is 11.4 Å². The zero-order valence-electron chi connectivity index (χ0n) is 19.4. The van der Waals surface area contributed by atoms with E-state index in [0.717, 1.165) is 16.8 Å². The fraction of sp³-hybridized carbons (Fsp3) is 0.160. The van der Waals surface area contributed by atoms with Gasteiger partial charge in [0, 0.05) is 6.07 Å². The first-order valence-electron chi connectivity index (χ1n) is 10.9. The SMILES string of the molecule is Cc1cc(C)cc(-n2ncc3c(=O)n(CC(=O)Nc4cc(C)nn4-c4ccc(F)cc4)cnc32)c1. The standard InChI is InChI=1S/C25H22FN7O2/c1-15-8-16(2)10-20(9-15)33-24-21(12-28-33)25(35)31(14-27-24)13-23(34)29-22-11-17(3)30-32(22)19-6-4-18(26)5-7-19/h4-12,14H,13H2,1-3H3,(H,29,34). The molecule has 1 amide bonds. The summed E-state index contributed by atoms with van der Waals surface area (Å²) in [5.74, 6) is -0.395. The molecule has 5 rings (SSSR count). The van der Waals surface area contributed by atoms with Crippen molar-refractivity contribution in [2.45, 2.75) is 27.3 Å². The summed E-state index contributed by atoms with van der Waals surface area (Å²) in [5.41, 5.74) is 4.26. The number of nitrogens with zero attached hydrogens (tertiary/aromatic N) is 6. The van der Waals surface area contributed by atoms with E-state index in [0.29, 0.717) is 28.2 Å². The minimum Gasteiger partial charge on any atom is -0.309 e. The number of halogens is 1. The molecule has 0 aliphatic carbocycles. The fourth-order valence-corrected chi connectivity index (χ4v) is 4.03. The molecule has 0 spiro atoms. The van der Waals surface area contributed by atoms with E-state index in [1.807, 2.05) is 26.0 Å². The lowest BCUT2D eigenvalue weighted by Crippen LogP contribution is -2.28. The van der Waals surface area contributed by atoms with Crippen molar-refractivity contribution in [2.75, 3.05) is 5.32 Å². The Labute approximate surface area is 199 Å². The molecule has 9 nitrogen and oxygen atoms in total. The average Bonchev–Trinajstić information content (AvgIpc) is 3.39. The Morgan fingerprint density at radius 2 is 1.69 bits per heavy atom. The highest BCUT2D eigenvalue weighted by atomic mass is 19.1. The molecule has 2 aromatic carbocycles. The van der Waals surface area contributed by atoms with Gasteiger partial charge in [-0.25, -0.2) is 18.7 Å². The van der Waals surface area contributed by atoms with Gasteiger partial charge in [0.25, 0.3) is 5.56 Å². The first-order valence-corrected chi connectivity index (χ1v) is 10.9. The highest BCUT2D eigenvalue weighted by molar-refractivity contribution is 5.90. The number of aryl methyl sites for hydroxylation is 3. The molecule has 35 heavy (non-hydrogen) atoms. The van der Waals surface area contributed by atoms with Crippen molar-refractivity contribution in [1.82, 2.24) is 29.1 Å². The van der Waals surface area contributed by atoms with E-state index in [-0.39, 0.29) is 17.9 Å². The molecule has 0 radical (unpaired) electrons. The third kappa shape index (κ3) is 4.33. The van der Waals surface area contributed by atoms with Crippen molar-refractivity contribution in [2.24, 2.45) is 0 Å². The zero-order chi connectivity index (χ0) is 24.7. The van der Waals surface area contributed by atoms with Gasteiger partial charge in [0.05, 0.1) is 23.3 Å². The van der Waals surface area contributed by atoms with E-state index < -0.39 is 5.91 Å². The molecule has 1 N–H and O–H groups in total. The van der Waals surface area contributed by atoms with Crippen LogP contribution in [0.1, 0.15) is 16.8 Å². The zero-order valence-corrected chi connectivity index (χ0v) is 19.4. The van der Waals surface area contributed by atoms with Crippen LogP contribution < -0.4 is 10.9 Å². The smallest absolute Gasteiger partial charge is 0.264 e. The fourth-order valence-electron chi connectivity index (χ4n) is 4.03. The number of hydrogen-bond donors (Lipinski definition) is 1. The monoisotopic (exact) mass is 471 g/mol. The summed E-state index contributed by atoms with van der Waals surface area (Å²) in [6.07, 6.45) is 2.80. The predicted molar refractivity (Wildman–Crippen MR) is 129 cm³/mol. The molecule has 0 unspecified atom stereocenters. The summed E-state index contributed by atoms with van der Waals surface area (Å²) < 4.78 is 17.7. The number of anilines is 1. The molecule has 5 aromatic rings. The van der Waals surface area contributed by atoms with E-state index in [9.17, 15) is 14.0 Å². The van der Waals surface area contributed by atoms with Gasteiger partial charge in [0.2, 0.25) is 5.91 Å². The molecular formula is C25H22FN7O2. The Balaban J connectivity index is 1.41. The quantitative estimate of drug-likeness (QED) is 0.423. The first-order chi connectivity index (χ1) is 16.8. The Morgan fingerprint density at radius 3 is 2.40 bits per heavy atom. The Bertz CT molecular complexity index is 1610. The van der Waals surface area contributed by atoms with Crippen LogP contribution in [0, 0.1) is 26.6 Å². The Hall–Kier alpha value is -4.60. The maximum atomic E-state index is 13.3. The number of aromatic nitrogens is 6. The summed E-state index contributed by atoms with van der Waals surface area (Å²) >= 11 is 0. The Morgan fingerprint density at radius 1 is 0.971 bits per heavy atom. The largest absolute Gasteiger partial charge is 0.309 e. The van der Waals surface area contributed by atoms with Crippen molar-refractivity contribution in [1.29, 1.82) is 0 Å². The van der Waals surface area contributed by atoms with Gasteiger partial charge >= 0.3 is 0 Å². The van der Waals surface area contributed by atoms with Gasteiger partial charge < -0.3 is 5.32 Å². The number of carbonyl (C=O) groups is 1. The maximum absolute atomic E-state index is 13.3. The molecule has 3 heterocycles. The first kappa shape index (κ1) is 22.2. The number of nitrogens with one attached hydrogen (secondary N) is 1. The van der Waals surface area contributed by atoms with Crippen LogP contribution in [0.25, 0.3) is 22.4 Å². The molecule has 0 aliphatic rings. The minimum absolute atomic E-state index is 0.246. The molecule has 0 atom stereocenters. The van der Waals surface area contributed by atoms with Crippen LogP contribution in [0.5, 0.6) is 0 Å². The van der Waals surface area contributed by atoms with Crippen molar-refractivity contribution in [3.63, 3.8) is 0 Å². The molecule has 0 bridgehead atoms. The third-order valence-electron chi connectivity index (χ3n) is 5.49. The summed E-state index contributed by atoms with van der Waals surface area (Å²) in [4.78, 5) is 30.3. The molecule has 0 fully saturated rings. The molecule has 3 aromatic heterocycles. The number of benzene rings is 2. The lowest BCUT2D eigenvalue weighted by molar-refractivity contribution is -0.116. The third-order valence-corrected chi connectivity index (χ3v) is 5.49. The topological polar surface area (TPSA) is 99.6 Å². The molecule has 0 aliphatic heterocycles. The van der Waals surface area contributed by atoms with Crippen LogP contribution in [-0.4, -0.2) is 35.0 Å². The summed E-state index contributed by atoms with van der Waals surface area (Å²) in [6.45, 7) is 5.52. The van der Waals surface area contributed by atoms with E-state index in [1.165, 1.54) is 33.9 Å². The van der Waals surface area contributed by atoms with Crippen LogP contribution in [0.15, 0.2) is 65.8 Å². The number of amides is 1. The highest BCUT2D eigenvalue weighted by Crippen LogP contribution is 2.19. The molecule has 0 saturated carbocycles. The van der Waals surface area contributed by atoms with E-state index in [4.69, 9.17) is 0 Å². The summed E-state index contributed by atoms with van der Waals surface area (Å²) in [7, 11) is 0. The molecule has 176 valence electrons. The lowest BCUT2D eigenvalue weighted by atomic mass is 10.1. The predicted octanol–water partition coefficient (Wildman–Crippen LogP) is 3.47. The second-order valence-corrected chi connectivity index (χ2v) is 8.42. The molecule has 10 heteroatoms. The summed E-state index contributed by atoms with van der Waals surface area (Å²) in [5, 5.41) is 11.8. The maximum Gasteiger partial charge on any atom is 0.264 e. The second kappa shape index (κ2) is 8.64. The van der Waals surface area contributed by atoms with Crippen molar-refractivity contribution in [3.05, 3.63) is 94.0 Å². The van der Waals surface area contributed by atoms with Gasteiger partial charge in [0.1, 0.15) is 29.9 Å². The summed E-state index contributed by atoms with van der Waals surface area (Å²) in [6, 6.07) is 13.4. The minimum atomic E-state index is -0.432. The Kier molecular flexibility index (Phi) is 5.48. The van der Waals surface area contributed by atoms with Crippen LogP contribution in [-0.2, 0) is 11.3 Å². The van der Waals surface area contributed by atoms with Gasteiger partial charge in [-0.2, -0.15) is 10.2 Å². The lowest BCUT2D eigenvalue weighted by Gasteiger charge is -2.10. The number of rotatable bonds is 5. The van der Waals surface area contributed by atoms with Gasteiger partial charge in [-0.3, -0.25) is 14.2 Å². The number of hydrogen-bond acceptors (Lipinski definition) is 5. The average molecular weight is 471 g/mol. The number of carbonyl (C=O) groups excluding carboxylic acids is 1. The van der Waals surface area contributed by atoms with Crippen LogP contribution in [0.3, 0.4) is 0 Å². The normalized spacial score (nSPS) is 11.2. The second-order valence-electron chi connectivity index (χ2n) is 8.42. The van der Waals surface area contributed by atoms with Crippen molar-refractivity contribution < 1.29 is 9.18 Å². The van der Waals surface area contributed by atoms with Crippen LogP contribution in [0.2, 0.25) is 0 Å². The van der Waals surface area contributed by atoms with Crippen LogP contribution in [0.4, 0.5) is 10.2 Å². The van der Waals surface area contributed by atoms with E-state index >= 15 is 0 Å². The van der Waals surface area contributed by atoms with Crippen molar-refractivity contribution >= 4 is 22.8 Å². The van der Waals surface area contributed by atoms with Gasteiger partial charge in [-0.1, -0.05) is 6.07 Å². The van der Waals surface area contributed by atoms with Crippen LogP contribution >= 0.6 is 0 Å².